The topological polar surface area (TPSA) is 32.9 Å². The first-order valence-corrected chi connectivity index (χ1v) is 6.55. The van der Waals surface area contributed by atoms with Gasteiger partial charge in [0.25, 0.3) is 0 Å². The Bertz CT molecular complexity index is 777. The SMILES string of the molecule is O=C(Cl)Cc1c[nH]c2cc(-c3ccc(F)cc3)ccc12. The van der Waals surface area contributed by atoms with Crippen molar-refractivity contribution in [2.45, 2.75) is 6.42 Å². The van der Waals surface area contributed by atoms with Crippen molar-refractivity contribution in [2.24, 2.45) is 0 Å². The Morgan fingerprint density at radius 3 is 2.50 bits per heavy atom. The second-order valence-corrected chi connectivity index (χ2v) is 5.03. The maximum absolute atomic E-state index is 12.9. The number of aromatic amines is 1. The largest absolute Gasteiger partial charge is 0.361 e. The van der Waals surface area contributed by atoms with Crippen LogP contribution in [0.4, 0.5) is 4.39 Å². The van der Waals surface area contributed by atoms with Crippen LogP contribution >= 0.6 is 11.6 Å². The number of halogens is 2. The molecule has 20 heavy (non-hydrogen) atoms. The lowest BCUT2D eigenvalue weighted by molar-refractivity contribution is -0.111. The maximum atomic E-state index is 12.9. The first kappa shape index (κ1) is 12.9. The molecule has 0 radical (unpaired) electrons. The quantitative estimate of drug-likeness (QED) is 0.717. The Labute approximate surface area is 120 Å². The molecule has 2 nitrogen and oxygen atoms in total. The molecule has 0 saturated carbocycles. The number of aromatic nitrogens is 1. The van der Waals surface area contributed by atoms with Crippen LogP contribution in [0.15, 0.2) is 48.7 Å². The molecule has 0 unspecified atom stereocenters. The number of fused-ring (bicyclic) bond motifs is 1. The van der Waals surface area contributed by atoms with E-state index < -0.39 is 0 Å². The molecular formula is C16H11ClFNO. The predicted octanol–water partition coefficient (Wildman–Crippen LogP) is 4.28. The smallest absolute Gasteiger partial charge is 0.226 e. The van der Waals surface area contributed by atoms with Gasteiger partial charge in [0.15, 0.2) is 0 Å². The lowest BCUT2D eigenvalue weighted by Gasteiger charge is -2.02. The summed E-state index contributed by atoms with van der Waals surface area (Å²) in [6.45, 7) is 0. The van der Waals surface area contributed by atoms with E-state index in [1.807, 2.05) is 18.2 Å². The Balaban J connectivity index is 2.03. The molecular weight excluding hydrogens is 277 g/mol. The molecule has 1 heterocycles. The molecule has 0 aliphatic carbocycles. The third-order valence-corrected chi connectivity index (χ3v) is 3.41. The fourth-order valence-electron chi connectivity index (χ4n) is 2.30. The molecule has 1 aromatic heterocycles. The van der Waals surface area contributed by atoms with Crippen molar-refractivity contribution in [3.8, 4) is 11.1 Å². The highest BCUT2D eigenvalue weighted by atomic mass is 35.5. The van der Waals surface area contributed by atoms with Crippen LogP contribution in [-0.2, 0) is 11.2 Å². The fourth-order valence-corrected chi connectivity index (χ4v) is 2.45. The average Bonchev–Trinajstić information content (AvgIpc) is 2.81. The van der Waals surface area contributed by atoms with Crippen LogP contribution < -0.4 is 0 Å². The molecule has 4 heteroatoms. The van der Waals surface area contributed by atoms with Crippen LogP contribution in [0.5, 0.6) is 0 Å². The van der Waals surface area contributed by atoms with E-state index in [4.69, 9.17) is 11.6 Å². The summed E-state index contributed by atoms with van der Waals surface area (Å²) in [4.78, 5) is 14.1. The van der Waals surface area contributed by atoms with Crippen molar-refractivity contribution < 1.29 is 9.18 Å². The molecule has 0 atom stereocenters. The number of carbonyl (C=O) groups excluding carboxylic acids is 1. The number of nitrogens with one attached hydrogen (secondary N) is 1. The van der Waals surface area contributed by atoms with E-state index in [2.05, 4.69) is 4.98 Å². The monoisotopic (exact) mass is 287 g/mol. The molecule has 0 aliphatic rings. The minimum absolute atomic E-state index is 0.206. The highest BCUT2D eigenvalue weighted by Crippen LogP contribution is 2.26. The highest BCUT2D eigenvalue weighted by Gasteiger charge is 2.08. The zero-order valence-electron chi connectivity index (χ0n) is 10.5. The van der Waals surface area contributed by atoms with E-state index in [9.17, 15) is 9.18 Å². The van der Waals surface area contributed by atoms with E-state index in [0.717, 1.165) is 27.6 Å². The lowest BCUT2D eigenvalue weighted by Crippen LogP contribution is -1.91. The zero-order valence-corrected chi connectivity index (χ0v) is 11.2. The molecule has 0 amide bonds. The van der Waals surface area contributed by atoms with Gasteiger partial charge < -0.3 is 4.98 Å². The standard InChI is InChI=1S/C16H11ClFNO/c17-16(20)8-12-9-19-15-7-11(3-6-14(12)15)10-1-4-13(18)5-2-10/h1-7,9,19H,8H2. The Kier molecular flexibility index (Phi) is 3.28. The highest BCUT2D eigenvalue weighted by molar-refractivity contribution is 6.63. The van der Waals surface area contributed by atoms with Gasteiger partial charge in [-0.3, -0.25) is 4.79 Å². The summed E-state index contributed by atoms with van der Waals surface area (Å²) >= 11 is 5.42. The van der Waals surface area contributed by atoms with E-state index in [1.165, 1.54) is 12.1 Å². The summed E-state index contributed by atoms with van der Waals surface area (Å²) in [5, 5.41) is 0.596. The normalized spacial score (nSPS) is 10.9. The van der Waals surface area contributed by atoms with Crippen LogP contribution in [0.3, 0.4) is 0 Å². The molecule has 100 valence electrons. The summed E-state index contributed by atoms with van der Waals surface area (Å²) < 4.78 is 12.9. The van der Waals surface area contributed by atoms with E-state index >= 15 is 0 Å². The van der Waals surface area contributed by atoms with Gasteiger partial charge in [-0.05, 0) is 46.5 Å². The van der Waals surface area contributed by atoms with Gasteiger partial charge in [-0.25, -0.2) is 4.39 Å². The number of hydrogen-bond donors (Lipinski definition) is 1. The van der Waals surface area contributed by atoms with Crippen molar-refractivity contribution in [1.29, 1.82) is 0 Å². The minimum atomic E-state index is -0.381. The van der Waals surface area contributed by atoms with E-state index in [0.29, 0.717) is 0 Å². The van der Waals surface area contributed by atoms with Gasteiger partial charge in [-0.15, -0.1) is 0 Å². The lowest BCUT2D eigenvalue weighted by atomic mass is 10.0. The van der Waals surface area contributed by atoms with Gasteiger partial charge in [0, 0.05) is 23.5 Å². The predicted molar refractivity (Wildman–Crippen MR) is 78.3 cm³/mol. The van der Waals surface area contributed by atoms with Crippen molar-refractivity contribution in [2.75, 3.05) is 0 Å². The van der Waals surface area contributed by atoms with Crippen LogP contribution in [0.2, 0.25) is 0 Å². The molecule has 0 bridgehead atoms. The van der Waals surface area contributed by atoms with Crippen LogP contribution in [0.1, 0.15) is 5.56 Å². The van der Waals surface area contributed by atoms with Gasteiger partial charge in [0.1, 0.15) is 5.82 Å². The first-order valence-electron chi connectivity index (χ1n) is 6.18. The van der Waals surface area contributed by atoms with Gasteiger partial charge in [-0.1, -0.05) is 24.3 Å². The number of H-pyrrole nitrogens is 1. The second-order valence-electron chi connectivity index (χ2n) is 4.61. The molecule has 0 spiro atoms. The maximum Gasteiger partial charge on any atom is 0.226 e. The summed E-state index contributed by atoms with van der Waals surface area (Å²) in [7, 11) is 0. The van der Waals surface area contributed by atoms with Crippen LogP contribution in [0.25, 0.3) is 22.0 Å². The summed E-state index contributed by atoms with van der Waals surface area (Å²) in [6, 6.07) is 12.2. The molecule has 0 aliphatic heterocycles. The van der Waals surface area contributed by atoms with Gasteiger partial charge in [0.2, 0.25) is 5.24 Å². The zero-order chi connectivity index (χ0) is 14.1. The minimum Gasteiger partial charge on any atom is -0.361 e. The Morgan fingerprint density at radius 2 is 1.80 bits per heavy atom. The summed E-state index contributed by atoms with van der Waals surface area (Å²) in [6.07, 6.45) is 2.00. The molecule has 1 N–H and O–H groups in total. The van der Waals surface area contributed by atoms with E-state index in [1.54, 1.807) is 18.3 Å². The van der Waals surface area contributed by atoms with Gasteiger partial charge >= 0.3 is 0 Å². The number of benzene rings is 2. The first-order chi connectivity index (χ1) is 9.63. The van der Waals surface area contributed by atoms with Gasteiger partial charge in [0.05, 0.1) is 0 Å². The molecule has 0 saturated heterocycles. The molecule has 3 aromatic rings. The second kappa shape index (κ2) is 5.10. The van der Waals surface area contributed by atoms with Crippen molar-refractivity contribution >= 4 is 27.7 Å². The summed E-state index contributed by atoms with van der Waals surface area (Å²) in [5.41, 5.74) is 3.74. The third kappa shape index (κ3) is 2.45. The van der Waals surface area contributed by atoms with Crippen molar-refractivity contribution in [3.63, 3.8) is 0 Å². The molecule has 2 aromatic carbocycles. The van der Waals surface area contributed by atoms with E-state index in [-0.39, 0.29) is 17.5 Å². The summed E-state index contributed by atoms with van der Waals surface area (Å²) in [5.74, 6) is -0.252. The van der Waals surface area contributed by atoms with Crippen molar-refractivity contribution in [3.05, 3.63) is 60.0 Å². The molecule has 3 rings (SSSR count). The Hall–Kier alpha value is -2.13. The number of hydrogen-bond acceptors (Lipinski definition) is 1. The van der Waals surface area contributed by atoms with Crippen LogP contribution in [0, 0.1) is 5.82 Å². The number of carbonyl (C=O) groups is 1. The average molecular weight is 288 g/mol. The third-order valence-electron chi connectivity index (χ3n) is 3.27. The van der Waals surface area contributed by atoms with Crippen LogP contribution in [-0.4, -0.2) is 10.2 Å². The van der Waals surface area contributed by atoms with Crippen molar-refractivity contribution in [1.82, 2.24) is 4.98 Å². The van der Waals surface area contributed by atoms with Gasteiger partial charge in [-0.2, -0.15) is 0 Å². The molecule has 0 fully saturated rings. The number of rotatable bonds is 3. The Morgan fingerprint density at radius 1 is 1.10 bits per heavy atom. The fraction of sp³-hybridized carbons (Fsp3) is 0.0625.